The first-order valence-corrected chi connectivity index (χ1v) is 10.8. The van der Waals surface area contributed by atoms with Gasteiger partial charge in [-0.25, -0.2) is 4.79 Å². The number of aryl methyl sites for hydroxylation is 1. The number of hydrogen-bond acceptors (Lipinski definition) is 5. The van der Waals surface area contributed by atoms with Gasteiger partial charge in [0.25, 0.3) is 0 Å². The molecule has 172 valence electrons. The molecule has 4 aromatic rings. The Morgan fingerprint density at radius 2 is 1.91 bits per heavy atom. The Kier molecular flexibility index (Phi) is 6.74. The Balaban J connectivity index is 0.00000274. The van der Waals surface area contributed by atoms with Gasteiger partial charge >= 0.3 is 5.97 Å². The summed E-state index contributed by atoms with van der Waals surface area (Å²) in [6.45, 7) is 4.71. The summed E-state index contributed by atoms with van der Waals surface area (Å²) in [5, 5.41) is 13.7. The fourth-order valence-electron chi connectivity index (χ4n) is 4.17. The van der Waals surface area contributed by atoms with Crippen molar-refractivity contribution in [2.75, 3.05) is 10.2 Å². The molecule has 0 bridgehead atoms. The third-order valence-corrected chi connectivity index (χ3v) is 6.12. The Bertz CT molecular complexity index is 1470. The van der Waals surface area contributed by atoms with Crippen LogP contribution >= 0.6 is 11.6 Å². The van der Waals surface area contributed by atoms with Crippen LogP contribution in [0, 0.1) is 13.5 Å². The van der Waals surface area contributed by atoms with Crippen LogP contribution in [0.1, 0.15) is 32.6 Å². The molecule has 0 radical (unpaired) electrons. The Labute approximate surface area is 215 Å². The minimum absolute atomic E-state index is 0. The van der Waals surface area contributed by atoms with Crippen molar-refractivity contribution in [1.82, 2.24) is 0 Å². The largest absolute Gasteiger partial charge is 0.502 e. The predicted molar refractivity (Wildman–Crippen MR) is 129 cm³/mol. The van der Waals surface area contributed by atoms with Gasteiger partial charge in [-0.15, -0.1) is 11.1 Å². The quantitative estimate of drug-likeness (QED) is 0.276. The topological polar surface area (TPSA) is 82.8 Å². The number of benzene rings is 3. The van der Waals surface area contributed by atoms with Gasteiger partial charge in [0.15, 0.2) is 11.3 Å². The van der Waals surface area contributed by atoms with Gasteiger partial charge in [0.1, 0.15) is 0 Å². The molecular formula is C26H20ClN2O4W-. The molecule has 34 heavy (non-hydrogen) atoms. The van der Waals surface area contributed by atoms with Gasteiger partial charge in [-0.2, -0.15) is 6.07 Å². The number of para-hydroxylation sites is 1. The molecule has 1 aliphatic heterocycles. The van der Waals surface area contributed by atoms with Crippen molar-refractivity contribution < 1.29 is 35.4 Å². The minimum Gasteiger partial charge on any atom is -0.502 e. The van der Waals surface area contributed by atoms with Gasteiger partial charge in [-0.3, -0.25) is 4.79 Å². The van der Waals surface area contributed by atoms with Gasteiger partial charge < -0.3 is 19.7 Å². The first-order valence-electron chi connectivity index (χ1n) is 10.4. The van der Waals surface area contributed by atoms with Gasteiger partial charge in [0, 0.05) is 61.9 Å². The third-order valence-electron chi connectivity index (χ3n) is 5.77. The fourth-order valence-corrected chi connectivity index (χ4v) is 4.43. The summed E-state index contributed by atoms with van der Waals surface area (Å²) in [6, 6.07) is 17.6. The molecule has 1 aromatic heterocycles. The molecule has 2 N–H and O–H groups in total. The van der Waals surface area contributed by atoms with Gasteiger partial charge in [-0.05, 0) is 29.3 Å². The summed E-state index contributed by atoms with van der Waals surface area (Å²) in [4.78, 5) is 26.5. The summed E-state index contributed by atoms with van der Waals surface area (Å²) < 4.78 is 6.25. The summed E-state index contributed by atoms with van der Waals surface area (Å²) in [5.74, 6) is -0.564. The maximum atomic E-state index is 13.0. The number of carbonyl (C=O) groups is 1. The molecule has 0 saturated heterocycles. The van der Waals surface area contributed by atoms with E-state index in [0.29, 0.717) is 46.2 Å². The monoisotopic (exact) mass is 643 g/mol. The van der Waals surface area contributed by atoms with Crippen LogP contribution in [0.15, 0.2) is 69.9 Å². The summed E-state index contributed by atoms with van der Waals surface area (Å²) in [5.41, 5.74) is 4.57. The van der Waals surface area contributed by atoms with E-state index in [0.717, 1.165) is 16.7 Å². The van der Waals surface area contributed by atoms with Crippen molar-refractivity contribution in [2.45, 2.75) is 20.0 Å². The first-order chi connectivity index (χ1) is 15.9. The zero-order chi connectivity index (χ0) is 23.1. The molecule has 0 fully saturated rings. The van der Waals surface area contributed by atoms with Crippen molar-refractivity contribution >= 4 is 40.1 Å². The molecule has 1 aliphatic rings. The van der Waals surface area contributed by atoms with Gasteiger partial charge in [-0.1, -0.05) is 55.4 Å². The number of aromatic carboxylic acids is 1. The number of nitrogens with one attached hydrogen (secondary N) is 1. The molecule has 0 spiro atoms. The average molecular weight is 644 g/mol. The number of carboxylic acids is 1. The van der Waals surface area contributed by atoms with E-state index in [1.54, 1.807) is 30.8 Å². The summed E-state index contributed by atoms with van der Waals surface area (Å²) >= 11 is 6.35. The SMILES string of the molecule is Cc1cc([CH-]Nc2ccccc2C(=O)O)c2oc(N3Cc4cccc(Cl)c4C3)cc(=O)c2c1.[W]. The number of halogens is 1. The van der Waals surface area contributed by atoms with E-state index in [-0.39, 0.29) is 32.1 Å². The van der Waals surface area contributed by atoms with E-state index >= 15 is 0 Å². The number of rotatable bonds is 5. The molecule has 5 rings (SSSR count). The van der Waals surface area contributed by atoms with Crippen LogP contribution in [0.25, 0.3) is 11.0 Å². The number of hydrogen-bond donors (Lipinski definition) is 2. The van der Waals surface area contributed by atoms with E-state index in [4.69, 9.17) is 16.0 Å². The number of anilines is 2. The molecular weight excluding hydrogens is 624 g/mol. The van der Waals surface area contributed by atoms with Gasteiger partial charge in [0.05, 0.1) is 5.56 Å². The zero-order valence-corrected chi connectivity index (χ0v) is 21.9. The molecule has 0 unspecified atom stereocenters. The van der Waals surface area contributed by atoms with Crippen LogP contribution in [0.2, 0.25) is 5.02 Å². The van der Waals surface area contributed by atoms with E-state index in [1.807, 2.05) is 36.1 Å². The standard InChI is InChI=1S/C26H20ClN2O4.W/c1-15-9-17(12-28-22-8-3-2-6-18(22)26(31)32)25-19(10-15)23(30)11-24(33-25)29-13-16-5-4-7-21(27)20(16)14-29;/h2-12,28H,13-14H2,1H3,(H,31,32);/q-1;. The van der Waals surface area contributed by atoms with Crippen LogP contribution in [0.5, 0.6) is 0 Å². The van der Waals surface area contributed by atoms with Crippen molar-refractivity contribution in [1.29, 1.82) is 0 Å². The minimum atomic E-state index is -1.03. The Hall–Kier alpha value is -3.21. The maximum Gasteiger partial charge on any atom is 0.337 e. The van der Waals surface area contributed by atoms with E-state index in [2.05, 4.69) is 5.32 Å². The molecule has 0 aliphatic carbocycles. The second-order valence-electron chi connectivity index (χ2n) is 8.05. The van der Waals surface area contributed by atoms with Crippen molar-refractivity contribution in [3.63, 3.8) is 0 Å². The molecule has 0 amide bonds. The maximum absolute atomic E-state index is 13.0. The second-order valence-corrected chi connectivity index (χ2v) is 8.46. The van der Waals surface area contributed by atoms with Crippen LogP contribution in [0.4, 0.5) is 11.6 Å². The van der Waals surface area contributed by atoms with Crippen LogP contribution < -0.4 is 15.6 Å². The van der Waals surface area contributed by atoms with E-state index in [9.17, 15) is 14.7 Å². The van der Waals surface area contributed by atoms with Crippen LogP contribution in [-0.2, 0) is 34.2 Å². The van der Waals surface area contributed by atoms with Crippen molar-refractivity contribution in [2.24, 2.45) is 0 Å². The van der Waals surface area contributed by atoms with Crippen molar-refractivity contribution in [3.8, 4) is 0 Å². The first kappa shape index (κ1) is 23.9. The molecule has 8 heteroatoms. The number of carboxylic acid groups (broad SMARTS) is 1. The average Bonchev–Trinajstić information content (AvgIpc) is 3.24. The smallest absolute Gasteiger partial charge is 0.337 e. The summed E-state index contributed by atoms with van der Waals surface area (Å²) in [6.07, 6.45) is 0. The van der Waals surface area contributed by atoms with E-state index in [1.165, 1.54) is 12.1 Å². The van der Waals surface area contributed by atoms with Crippen LogP contribution in [0.3, 0.4) is 0 Å². The normalized spacial score (nSPS) is 12.2. The van der Waals surface area contributed by atoms with Gasteiger partial charge in [0.2, 0.25) is 0 Å². The molecule has 0 saturated carbocycles. The Morgan fingerprint density at radius 1 is 1.12 bits per heavy atom. The second kappa shape index (κ2) is 9.57. The van der Waals surface area contributed by atoms with E-state index < -0.39 is 5.97 Å². The molecule has 0 atom stereocenters. The third kappa shape index (κ3) is 4.44. The van der Waals surface area contributed by atoms with Crippen molar-refractivity contribution in [3.05, 3.63) is 110 Å². The fraction of sp³-hybridized carbons (Fsp3) is 0.115. The molecule has 3 aromatic carbocycles. The predicted octanol–water partition coefficient (Wildman–Crippen LogP) is 5.59. The number of nitrogens with zero attached hydrogens (tertiary/aromatic N) is 1. The van der Waals surface area contributed by atoms with Crippen LogP contribution in [-0.4, -0.2) is 11.1 Å². The molecule has 2 heterocycles. The zero-order valence-electron chi connectivity index (χ0n) is 18.2. The number of fused-ring (bicyclic) bond motifs is 2. The summed E-state index contributed by atoms with van der Waals surface area (Å²) in [7, 11) is 0. The molecule has 6 nitrogen and oxygen atoms in total. The Morgan fingerprint density at radius 3 is 2.68 bits per heavy atom.